The normalized spacial score (nSPS) is 15.8. The second kappa shape index (κ2) is 8.83. The lowest BCUT2D eigenvalue weighted by atomic mass is 9.96. The van der Waals surface area contributed by atoms with E-state index in [1.165, 1.54) is 6.07 Å². The maximum absolute atomic E-state index is 13.5. The van der Waals surface area contributed by atoms with Gasteiger partial charge in [-0.25, -0.2) is 4.39 Å². The molecule has 0 heterocycles. The number of carbonyl (C=O) groups excluding carboxylic acids is 1. The summed E-state index contributed by atoms with van der Waals surface area (Å²) in [7, 11) is 0. The molecule has 1 aromatic rings. The number of halogens is 1. The van der Waals surface area contributed by atoms with Crippen LogP contribution in [-0.4, -0.2) is 37.7 Å². The smallest absolute Gasteiger partial charge is 0.307 e. The summed E-state index contributed by atoms with van der Waals surface area (Å²) in [5, 5.41) is 6.33. The molecule has 138 valence electrons. The maximum atomic E-state index is 13.5. The van der Waals surface area contributed by atoms with Crippen molar-refractivity contribution in [3.8, 4) is 0 Å². The van der Waals surface area contributed by atoms with E-state index in [2.05, 4.69) is 15.6 Å². The van der Waals surface area contributed by atoms with Gasteiger partial charge in [-0.3, -0.25) is 9.79 Å². The maximum Gasteiger partial charge on any atom is 0.307 e. The second-order valence-corrected chi connectivity index (χ2v) is 6.70. The average Bonchev–Trinajstić information content (AvgIpc) is 3.33. The van der Waals surface area contributed by atoms with Gasteiger partial charge in [0.2, 0.25) is 0 Å². The van der Waals surface area contributed by atoms with Crippen molar-refractivity contribution in [1.29, 1.82) is 0 Å². The summed E-state index contributed by atoms with van der Waals surface area (Å²) in [5.41, 5.74) is 0.953. The zero-order chi connectivity index (χ0) is 18.3. The summed E-state index contributed by atoms with van der Waals surface area (Å²) < 4.78 is 18.6. The van der Waals surface area contributed by atoms with Crippen molar-refractivity contribution in [2.75, 3.05) is 19.6 Å². The molecule has 5 nitrogen and oxygen atoms in total. The Balaban J connectivity index is 1.90. The third kappa shape index (κ3) is 6.03. The Labute approximate surface area is 149 Å². The van der Waals surface area contributed by atoms with Gasteiger partial charge in [0.1, 0.15) is 5.82 Å². The third-order valence-corrected chi connectivity index (χ3v) is 4.16. The van der Waals surface area contributed by atoms with Crippen LogP contribution in [0.15, 0.2) is 29.3 Å². The van der Waals surface area contributed by atoms with Gasteiger partial charge < -0.3 is 15.4 Å². The van der Waals surface area contributed by atoms with Crippen LogP contribution in [-0.2, 0) is 14.9 Å². The molecule has 1 aliphatic carbocycles. The molecule has 1 fully saturated rings. The highest BCUT2D eigenvalue weighted by Crippen LogP contribution is 2.48. The van der Waals surface area contributed by atoms with Crippen LogP contribution in [0.25, 0.3) is 0 Å². The van der Waals surface area contributed by atoms with Crippen molar-refractivity contribution >= 4 is 11.9 Å². The van der Waals surface area contributed by atoms with Crippen LogP contribution >= 0.6 is 0 Å². The van der Waals surface area contributed by atoms with E-state index in [1.54, 1.807) is 12.1 Å². The van der Waals surface area contributed by atoms with Crippen molar-refractivity contribution in [3.05, 3.63) is 35.6 Å². The van der Waals surface area contributed by atoms with Crippen molar-refractivity contribution in [1.82, 2.24) is 10.6 Å². The summed E-state index contributed by atoms with van der Waals surface area (Å²) >= 11 is 0. The summed E-state index contributed by atoms with van der Waals surface area (Å²) in [6, 6.07) is 6.78. The molecule has 2 N–H and O–H groups in total. The molecule has 2 rings (SSSR count). The molecule has 0 amide bonds. The molecular weight excluding hydrogens is 321 g/mol. The lowest BCUT2D eigenvalue weighted by Crippen LogP contribution is -2.39. The number of benzene rings is 1. The number of hydrogen-bond acceptors (Lipinski definition) is 3. The van der Waals surface area contributed by atoms with Gasteiger partial charge in [-0.15, -0.1) is 0 Å². The minimum absolute atomic E-state index is 0.0545. The Morgan fingerprint density at radius 3 is 2.72 bits per heavy atom. The minimum atomic E-state index is -0.225. The van der Waals surface area contributed by atoms with Gasteiger partial charge in [-0.2, -0.15) is 0 Å². The molecule has 0 atom stereocenters. The zero-order valence-electron chi connectivity index (χ0n) is 15.3. The van der Waals surface area contributed by atoms with Crippen molar-refractivity contribution < 1.29 is 13.9 Å². The summed E-state index contributed by atoms with van der Waals surface area (Å²) in [4.78, 5) is 16.2. The van der Waals surface area contributed by atoms with E-state index in [0.29, 0.717) is 19.0 Å². The Hall–Kier alpha value is -2.11. The molecule has 0 bridgehead atoms. The van der Waals surface area contributed by atoms with E-state index in [-0.39, 0.29) is 29.7 Å². The number of guanidine groups is 1. The highest BCUT2D eigenvalue weighted by atomic mass is 19.1. The first-order valence-corrected chi connectivity index (χ1v) is 8.93. The number of esters is 1. The highest BCUT2D eigenvalue weighted by molar-refractivity contribution is 5.80. The summed E-state index contributed by atoms with van der Waals surface area (Å²) in [5.74, 6) is 0.237. The van der Waals surface area contributed by atoms with E-state index >= 15 is 0 Å². The predicted molar refractivity (Wildman–Crippen MR) is 97.1 cm³/mol. The number of nitrogens with zero attached hydrogens (tertiary/aromatic N) is 1. The molecule has 0 unspecified atom stereocenters. The number of carbonyl (C=O) groups is 1. The fraction of sp³-hybridized carbons (Fsp3) is 0.579. The molecule has 1 aromatic carbocycles. The van der Waals surface area contributed by atoms with Crippen LogP contribution < -0.4 is 10.6 Å². The molecule has 0 aromatic heterocycles. The topological polar surface area (TPSA) is 62.7 Å². The van der Waals surface area contributed by atoms with E-state index < -0.39 is 0 Å². The SMILES string of the molecule is CCNC(=NCC1(c2cccc(F)c2)CC1)NCCC(=O)OC(C)C. The lowest BCUT2D eigenvalue weighted by Gasteiger charge is -2.16. The minimum Gasteiger partial charge on any atom is -0.463 e. The third-order valence-electron chi connectivity index (χ3n) is 4.16. The number of aliphatic imine (C=N–C) groups is 1. The van der Waals surface area contributed by atoms with Gasteiger partial charge in [0.15, 0.2) is 5.96 Å². The molecule has 0 spiro atoms. The number of rotatable bonds is 8. The molecule has 1 aliphatic rings. The first-order valence-electron chi connectivity index (χ1n) is 8.93. The number of nitrogens with one attached hydrogen (secondary N) is 2. The molecular formula is C19H28FN3O2. The summed E-state index contributed by atoms with van der Waals surface area (Å²) in [6.45, 7) is 7.45. The van der Waals surface area contributed by atoms with Crippen LogP contribution in [0.3, 0.4) is 0 Å². The van der Waals surface area contributed by atoms with Crippen molar-refractivity contribution in [2.24, 2.45) is 4.99 Å². The van der Waals surface area contributed by atoms with Gasteiger partial charge in [0.25, 0.3) is 0 Å². The van der Waals surface area contributed by atoms with E-state index in [9.17, 15) is 9.18 Å². The van der Waals surface area contributed by atoms with E-state index in [1.807, 2.05) is 26.8 Å². The fourth-order valence-corrected chi connectivity index (χ4v) is 2.68. The van der Waals surface area contributed by atoms with Gasteiger partial charge in [0.05, 0.1) is 19.1 Å². The standard InChI is InChI=1S/C19H28FN3O2/c1-4-21-18(22-11-8-17(24)25-14(2)3)23-13-19(9-10-19)15-6-5-7-16(20)12-15/h5-7,12,14H,4,8-11,13H2,1-3H3,(H2,21,22,23). The predicted octanol–water partition coefficient (Wildman–Crippen LogP) is 2.75. The van der Waals surface area contributed by atoms with Crippen molar-refractivity contribution in [3.63, 3.8) is 0 Å². The first kappa shape index (κ1) is 19.2. The monoisotopic (exact) mass is 349 g/mol. The van der Waals surface area contributed by atoms with E-state index in [0.717, 1.165) is 24.9 Å². The van der Waals surface area contributed by atoms with Crippen molar-refractivity contribution in [2.45, 2.75) is 51.6 Å². The largest absolute Gasteiger partial charge is 0.463 e. The number of ether oxygens (including phenoxy) is 1. The quantitative estimate of drug-likeness (QED) is 0.430. The van der Waals surface area contributed by atoms with Crippen LogP contribution in [0.5, 0.6) is 0 Å². The molecule has 1 saturated carbocycles. The van der Waals surface area contributed by atoms with Gasteiger partial charge in [0, 0.05) is 18.5 Å². The first-order chi connectivity index (χ1) is 11.9. The molecule has 25 heavy (non-hydrogen) atoms. The lowest BCUT2D eigenvalue weighted by molar-refractivity contribution is -0.147. The Bertz CT molecular complexity index is 612. The number of hydrogen-bond donors (Lipinski definition) is 2. The Kier molecular flexibility index (Phi) is 6.79. The Morgan fingerprint density at radius 1 is 1.36 bits per heavy atom. The fourth-order valence-electron chi connectivity index (χ4n) is 2.68. The average molecular weight is 349 g/mol. The zero-order valence-corrected chi connectivity index (χ0v) is 15.3. The van der Waals surface area contributed by atoms with Crippen LogP contribution in [0.2, 0.25) is 0 Å². The molecule has 0 radical (unpaired) electrons. The molecule has 0 aliphatic heterocycles. The highest BCUT2D eigenvalue weighted by Gasteiger charge is 2.44. The Morgan fingerprint density at radius 2 is 2.12 bits per heavy atom. The van der Waals surface area contributed by atoms with Gasteiger partial charge >= 0.3 is 5.97 Å². The molecule has 0 saturated heterocycles. The van der Waals surface area contributed by atoms with E-state index in [4.69, 9.17) is 4.74 Å². The molecule has 6 heteroatoms. The van der Waals surface area contributed by atoms with Gasteiger partial charge in [-0.1, -0.05) is 12.1 Å². The van der Waals surface area contributed by atoms with Gasteiger partial charge in [-0.05, 0) is 51.3 Å². The van der Waals surface area contributed by atoms with Crippen LogP contribution in [0, 0.1) is 5.82 Å². The van der Waals surface area contributed by atoms with Crippen LogP contribution in [0.1, 0.15) is 45.6 Å². The van der Waals surface area contributed by atoms with Crippen LogP contribution in [0.4, 0.5) is 4.39 Å². The summed E-state index contributed by atoms with van der Waals surface area (Å²) in [6.07, 6.45) is 2.22. The second-order valence-electron chi connectivity index (χ2n) is 6.70.